The molecule has 2 N–H and O–H groups in total. The van der Waals surface area contributed by atoms with Crippen molar-refractivity contribution in [1.29, 1.82) is 0 Å². The van der Waals surface area contributed by atoms with Crippen LogP contribution in [-0.4, -0.2) is 55.0 Å². The summed E-state index contributed by atoms with van der Waals surface area (Å²) < 4.78 is 14.0. The topological polar surface area (TPSA) is 49.6 Å². The van der Waals surface area contributed by atoms with Gasteiger partial charge in [-0.2, -0.15) is 0 Å². The van der Waals surface area contributed by atoms with Crippen LogP contribution in [0.25, 0.3) is 0 Å². The molecule has 1 fully saturated rings. The van der Waals surface area contributed by atoms with Gasteiger partial charge in [-0.15, -0.1) is 0 Å². The van der Waals surface area contributed by atoms with Crippen LogP contribution < -0.4 is 5.73 Å². The number of piperazine rings is 1. The second-order valence-corrected chi connectivity index (χ2v) is 5.09. The molecular weight excluding hydrogens is 245 g/mol. The summed E-state index contributed by atoms with van der Waals surface area (Å²) in [5, 5.41) is 0. The van der Waals surface area contributed by atoms with Gasteiger partial charge in [-0.25, -0.2) is 4.39 Å². The molecule has 0 radical (unpaired) electrons. The lowest BCUT2D eigenvalue weighted by atomic mass is 10.1. The third-order valence-corrected chi connectivity index (χ3v) is 3.64. The van der Waals surface area contributed by atoms with Crippen molar-refractivity contribution in [3.05, 3.63) is 35.1 Å². The highest BCUT2D eigenvalue weighted by molar-refractivity contribution is 5.95. The summed E-state index contributed by atoms with van der Waals surface area (Å²) in [5.41, 5.74) is 6.36. The quantitative estimate of drug-likeness (QED) is 0.862. The molecule has 0 aromatic heterocycles. The Morgan fingerprint density at radius 1 is 1.47 bits per heavy atom. The maximum atomic E-state index is 14.0. The highest BCUT2D eigenvalue weighted by Gasteiger charge is 2.30. The fourth-order valence-electron chi connectivity index (χ4n) is 2.45. The van der Waals surface area contributed by atoms with Crippen molar-refractivity contribution < 1.29 is 9.18 Å². The predicted molar refractivity (Wildman–Crippen MR) is 72.5 cm³/mol. The van der Waals surface area contributed by atoms with E-state index in [1.54, 1.807) is 24.0 Å². The average molecular weight is 265 g/mol. The van der Waals surface area contributed by atoms with Crippen LogP contribution >= 0.6 is 0 Å². The third-order valence-electron chi connectivity index (χ3n) is 3.64. The number of hydrogen-bond donors (Lipinski definition) is 1. The molecule has 1 aromatic carbocycles. The van der Waals surface area contributed by atoms with Crippen LogP contribution in [0, 0.1) is 12.7 Å². The molecule has 1 unspecified atom stereocenters. The zero-order valence-electron chi connectivity index (χ0n) is 11.4. The molecule has 0 bridgehead atoms. The van der Waals surface area contributed by atoms with Crippen LogP contribution in [0.4, 0.5) is 4.39 Å². The van der Waals surface area contributed by atoms with Gasteiger partial charge >= 0.3 is 0 Å². The smallest absolute Gasteiger partial charge is 0.257 e. The molecule has 0 spiro atoms. The molecule has 1 amide bonds. The van der Waals surface area contributed by atoms with Gasteiger partial charge in [0.2, 0.25) is 0 Å². The summed E-state index contributed by atoms with van der Waals surface area (Å²) >= 11 is 0. The number of nitrogens with two attached hydrogens (primary N) is 1. The van der Waals surface area contributed by atoms with Crippen molar-refractivity contribution in [3.8, 4) is 0 Å². The molecule has 1 aliphatic heterocycles. The van der Waals surface area contributed by atoms with E-state index in [0.29, 0.717) is 18.7 Å². The molecule has 1 aliphatic rings. The van der Waals surface area contributed by atoms with E-state index in [0.717, 1.165) is 13.1 Å². The van der Waals surface area contributed by atoms with Gasteiger partial charge in [-0.3, -0.25) is 4.79 Å². The first kappa shape index (κ1) is 14.0. The summed E-state index contributed by atoms with van der Waals surface area (Å²) in [6.45, 7) is 4.16. The van der Waals surface area contributed by atoms with E-state index in [4.69, 9.17) is 5.73 Å². The number of rotatable bonds is 2. The lowest BCUT2D eigenvalue weighted by Gasteiger charge is -2.39. The van der Waals surface area contributed by atoms with E-state index in [2.05, 4.69) is 4.90 Å². The normalized spacial score (nSPS) is 20.6. The minimum Gasteiger partial charge on any atom is -0.332 e. The van der Waals surface area contributed by atoms with Gasteiger partial charge in [0, 0.05) is 26.2 Å². The monoisotopic (exact) mass is 265 g/mol. The molecule has 1 saturated heterocycles. The fourth-order valence-corrected chi connectivity index (χ4v) is 2.45. The fraction of sp³-hybridized carbons (Fsp3) is 0.500. The molecular formula is C14H20FN3O. The lowest BCUT2D eigenvalue weighted by Crippen LogP contribution is -2.56. The van der Waals surface area contributed by atoms with E-state index in [9.17, 15) is 9.18 Å². The maximum Gasteiger partial charge on any atom is 0.257 e. The number of carbonyl (C=O) groups is 1. The number of benzene rings is 1. The van der Waals surface area contributed by atoms with Crippen LogP contribution in [0.15, 0.2) is 18.2 Å². The van der Waals surface area contributed by atoms with Gasteiger partial charge in [0.25, 0.3) is 5.91 Å². The maximum absolute atomic E-state index is 14.0. The zero-order valence-corrected chi connectivity index (χ0v) is 11.4. The van der Waals surface area contributed by atoms with E-state index >= 15 is 0 Å². The first-order valence-electron chi connectivity index (χ1n) is 6.49. The van der Waals surface area contributed by atoms with Crippen LogP contribution in [0.1, 0.15) is 15.9 Å². The van der Waals surface area contributed by atoms with Crippen molar-refractivity contribution >= 4 is 5.91 Å². The third kappa shape index (κ3) is 2.77. The number of amides is 1. The molecule has 2 rings (SSSR count). The summed E-state index contributed by atoms with van der Waals surface area (Å²) in [6.07, 6.45) is 0. The van der Waals surface area contributed by atoms with Crippen LogP contribution in [0.2, 0.25) is 0 Å². The Balaban J connectivity index is 2.25. The van der Waals surface area contributed by atoms with Gasteiger partial charge in [-0.05, 0) is 25.6 Å². The second-order valence-electron chi connectivity index (χ2n) is 5.09. The largest absolute Gasteiger partial charge is 0.332 e. The Hall–Kier alpha value is -1.46. The van der Waals surface area contributed by atoms with Crippen LogP contribution in [0.3, 0.4) is 0 Å². The van der Waals surface area contributed by atoms with Gasteiger partial charge in [0.15, 0.2) is 0 Å². The van der Waals surface area contributed by atoms with Crippen molar-refractivity contribution in [2.75, 3.05) is 33.2 Å². The molecule has 1 atom stereocenters. The van der Waals surface area contributed by atoms with E-state index in [1.807, 2.05) is 7.05 Å². The highest BCUT2D eigenvalue weighted by atomic mass is 19.1. The molecule has 0 aliphatic carbocycles. The Morgan fingerprint density at radius 3 is 2.89 bits per heavy atom. The van der Waals surface area contributed by atoms with E-state index in [1.165, 1.54) is 6.07 Å². The van der Waals surface area contributed by atoms with Gasteiger partial charge in [0.05, 0.1) is 11.6 Å². The first-order valence-corrected chi connectivity index (χ1v) is 6.49. The molecule has 104 valence electrons. The standard InChI is InChI=1S/C14H20FN3O/c1-10-4-3-5-12(13(10)15)14(19)18-7-6-17(2)9-11(18)8-16/h3-5,11H,6-9,16H2,1-2H3. The first-order chi connectivity index (χ1) is 9.04. The molecule has 19 heavy (non-hydrogen) atoms. The molecule has 5 heteroatoms. The Bertz CT molecular complexity index is 478. The van der Waals surface area contributed by atoms with Crippen molar-refractivity contribution in [3.63, 3.8) is 0 Å². The Morgan fingerprint density at radius 2 is 2.21 bits per heavy atom. The van der Waals surface area contributed by atoms with Crippen molar-refractivity contribution in [1.82, 2.24) is 9.80 Å². The summed E-state index contributed by atoms with van der Waals surface area (Å²) in [6, 6.07) is 4.86. The highest BCUT2D eigenvalue weighted by Crippen LogP contribution is 2.17. The van der Waals surface area contributed by atoms with Crippen LogP contribution in [0.5, 0.6) is 0 Å². The van der Waals surface area contributed by atoms with Gasteiger partial charge in [-0.1, -0.05) is 12.1 Å². The van der Waals surface area contributed by atoms with Crippen molar-refractivity contribution in [2.45, 2.75) is 13.0 Å². The van der Waals surface area contributed by atoms with Crippen LogP contribution in [-0.2, 0) is 0 Å². The summed E-state index contributed by atoms with van der Waals surface area (Å²) in [7, 11) is 2.00. The number of carbonyl (C=O) groups excluding carboxylic acids is 1. The number of likely N-dealkylation sites (N-methyl/N-ethyl adjacent to an activating group) is 1. The molecule has 0 saturated carbocycles. The predicted octanol–water partition coefficient (Wildman–Crippen LogP) is 0.849. The second kappa shape index (κ2) is 5.67. The van der Waals surface area contributed by atoms with E-state index < -0.39 is 5.82 Å². The Labute approximate surface area is 113 Å². The minimum absolute atomic E-state index is 0.0498. The molecule has 4 nitrogen and oxygen atoms in total. The number of aryl methyl sites for hydroxylation is 1. The van der Waals surface area contributed by atoms with Crippen molar-refractivity contribution in [2.24, 2.45) is 5.73 Å². The van der Waals surface area contributed by atoms with Gasteiger partial charge < -0.3 is 15.5 Å². The van der Waals surface area contributed by atoms with Gasteiger partial charge in [0.1, 0.15) is 5.82 Å². The average Bonchev–Trinajstić information content (AvgIpc) is 2.41. The Kier molecular flexibility index (Phi) is 4.17. The number of halogens is 1. The zero-order chi connectivity index (χ0) is 14.0. The lowest BCUT2D eigenvalue weighted by molar-refractivity contribution is 0.0511. The number of nitrogens with zero attached hydrogens (tertiary/aromatic N) is 2. The minimum atomic E-state index is -0.429. The van der Waals surface area contributed by atoms with E-state index in [-0.39, 0.29) is 17.5 Å². The summed E-state index contributed by atoms with van der Waals surface area (Å²) in [4.78, 5) is 16.3. The number of hydrogen-bond acceptors (Lipinski definition) is 3. The summed E-state index contributed by atoms with van der Waals surface area (Å²) in [5.74, 6) is -0.688. The SMILES string of the molecule is Cc1cccc(C(=O)N2CCN(C)CC2CN)c1F. The molecule has 1 aromatic rings. The molecule has 1 heterocycles.